The third-order valence-corrected chi connectivity index (χ3v) is 8.72. The summed E-state index contributed by atoms with van der Waals surface area (Å²) in [7, 11) is -0.219. The van der Waals surface area contributed by atoms with E-state index in [0.29, 0.717) is 28.9 Å². The number of amides is 1. The molecule has 0 fully saturated rings. The number of ether oxygens (including phenoxy) is 2. The van der Waals surface area contributed by atoms with E-state index in [4.69, 9.17) is 13.9 Å². The lowest BCUT2D eigenvalue weighted by Gasteiger charge is -2.15. The van der Waals surface area contributed by atoms with E-state index in [1.165, 1.54) is 20.3 Å². The summed E-state index contributed by atoms with van der Waals surface area (Å²) in [6, 6.07) is 5.25. The van der Waals surface area contributed by atoms with Crippen LogP contribution in [0.2, 0.25) is 0 Å². The number of esters is 2. The second-order valence-corrected chi connectivity index (χ2v) is 10.6. The van der Waals surface area contributed by atoms with Crippen LogP contribution in [0.3, 0.4) is 0 Å². The average Bonchev–Trinajstić information content (AvgIpc) is 3.28. The molecule has 1 amide bonds. The maximum atomic E-state index is 13.2. The third-order valence-electron chi connectivity index (χ3n) is 5.46. The fourth-order valence-corrected chi connectivity index (χ4v) is 5.47. The van der Waals surface area contributed by atoms with Gasteiger partial charge in [0.15, 0.2) is 0 Å². The topological polar surface area (TPSA) is 112 Å². The second kappa shape index (κ2) is 8.55. The number of carbonyl (C=O) groups excluding carboxylic acids is 3. The van der Waals surface area contributed by atoms with Crippen LogP contribution in [0.4, 0.5) is 5.69 Å². The molecule has 8 nitrogen and oxygen atoms in total. The van der Waals surface area contributed by atoms with Crippen molar-refractivity contribution in [1.29, 1.82) is 0 Å². The van der Waals surface area contributed by atoms with Gasteiger partial charge in [0, 0.05) is 40.0 Å². The molecule has 0 unspecified atom stereocenters. The quantitative estimate of drug-likeness (QED) is 0.410. The number of fused-ring (bicyclic) bond motifs is 1. The van der Waals surface area contributed by atoms with E-state index in [1.54, 1.807) is 25.1 Å². The van der Waals surface area contributed by atoms with Gasteiger partial charge in [-0.1, -0.05) is 13.8 Å². The van der Waals surface area contributed by atoms with Crippen LogP contribution < -0.4 is 10.6 Å². The molecule has 0 saturated carbocycles. The van der Waals surface area contributed by atoms with Crippen LogP contribution >= 0.6 is 7.14 Å². The minimum Gasteiger partial charge on any atom is -0.465 e. The first-order chi connectivity index (χ1) is 14.7. The van der Waals surface area contributed by atoms with Crippen molar-refractivity contribution < 1.29 is 32.8 Å². The normalized spacial score (nSPS) is 14.4. The lowest BCUT2D eigenvalue weighted by Crippen LogP contribution is -2.11. The molecule has 0 radical (unpaired) electrons. The highest BCUT2D eigenvalue weighted by Crippen LogP contribution is 2.45. The Morgan fingerprint density at radius 2 is 1.77 bits per heavy atom. The van der Waals surface area contributed by atoms with Gasteiger partial charge in [-0.2, -0.15) is 0 Å². The Bertz CT molecular complexity index is 1150. The Hall–Kier alpha value is -3.12. The number of rotatable bonds is 6. The Kier molecular flexibility index (Phi) is 6.23. The number of hydrogen-bond acceptors (Lipinski definition) is 7. The smallest absolute Gasteiger partial charge is 0.374 e. The highest BCUT2D eigenvalue weighted by atomic mass is 31.2. The number of carbonyl (C=O) groups is 3. The van der Waals surface area contributed by atoms with Gasteiger partial charge in [-0.3, -0.25) is 4.79 Å². The van der Waals surface area contributed by atoms with Crippen LogP contribution in [0.5, 0.6) is 0 Å². The van der Waals surface area contributed by atoms with E-state index >= 15 is 0 Å². The summed E-state index contributed by atoms with van der Waals surface area (Å²) in [5, 5.41) is 3.46. The first kappa shape index (κ1) is 22.6. The van der Waals surface area contributed by atoms with Crippen LogP contribution in [-0.2, 0) is 18.8 Å². The summed E-state index contributed by atoms with van der Waals surface area (Å²) >= 11 is 0. The predicted octanol–water partition coefficient (Wildman–Crippen LogP) is 3.68. The number of aryl methyl sites for hydroxylation is 1. The Morgan fingerprint density at radius 1 is 1.13 bits per heavy atom. The van der Waals surface area contributed by atoms with Crippen LogP contribution in [0.1, 0.15) is 51.6 Å². The predicted molar refractivity (Wildman–Crippen MR) is 117 cm³/mol. The molecule has 0 spiro atoms. The van der Waals surface area contributed by atoms with Crippen molar-refractivity contribution in [3.63, 3.8) is 0 Å². The van der Waals surface area contributed by atoms with Gasteiger partial charge in [0.25, 0.3) is 5.91 Å². The molecular weight excluding hydrogens is 421 g/mol. The molecular formula is C22H24NO7P. The highest BCUT2D eigenvalue weighted by molar-refractivity contribution is 7.71. The van der Waals surface area contributed by atoms with Gasteiger partial charge < -0.3 is 23.8 Å². The fraction of sp³-hybridized carbons (Fsp3) is 0.318. The lowest BCUT2D eigenvalue weighted by atomic mass is 10.0. The average molecular weight is 445 g/mol. The first-order valence-corrected chi connectivity index (χ1v) is 11.8. The second-order valence-electron chi connectivity index (χ2n) is 7.02. The minimum absolute atomic E-state index is 0.121. The first-order valence-electron chi connectivity index (χ1n) is 9.76. The van der Waals surface area contributed by atoms with Crippen LogP contribution in [0.15, 0.2) is 22.6 Å². The number of benzene rings is 1. The molecule has 0 atom stereocenters. The highest BCUT2D eigenvalue weighted by Gasteiger charge is 2.32. The molecule has 1 aliphatic rings. The molecule has 0 aliphatic carbocycles. The van der Waals surface area contributed by atoms with Crippen molar-refractivity contribution in [2.24, 2.45) is 0 Å². The van der Waals surface area contributed by atoms with Crippen molar-refractivity contribution in [3.05, 3.63) is 46.4 Å². The van der Waals surface area contributed by atoms with Crippen molar-refractivity contribution in [3.8, 4) is 0 Å². The Morgan fingerprint density at radius 3 is 2.35 bits per heavy atom. The van der Waals surface area contributed by atoms with Crippen molar-refractivity contribution >= 4 is 47.6 Å². The summed E-state index contributed by atoms with van der Waals surface area (Å²) in [5.41, 5.74) is 1.53. The number of methoxy groups -OCH3 is 2. The van der Waals surface area contributed by atoms with Crippen LogP contribution in [0, 0.1) is 6.92 Å². The number of furan rings is 1. The molecule has 1 aromatic carbocycles. The van der Waals surface area contributed by atoms with Crippen molar-refractivity contribution in [2.45, 2.75) is 20.8 Å². The van der Waals surface area contributed by atoms with E-state index in [1.807, 2.05) is 13.8 Å². The molecule has 0 bridgehead atoms. The van der Waals surface area contributed by atoms with Crippen LogP contribution in [-0.4, -0.2) is 44.4 Å². The summed E-state index contributed by atoms with van der Waals surface area (Å²) in [4.78, 5) is 37.2. The zero-order chi connectivity index (χ0) is 22.9. The van der Waals surface area contributed by atoms with Gasteiger partial charge in [0.05, 0.1) is 14.2 Å². The van der Waals surface area contributed by atoms with Crippen molar-refractivity contribution in [1.82, 2.24) is 0 Å². The monoisotopic (exact) mass is 445 g/mol. The van der Waals surface area contributed by atoms with Gasteiger partial charge in [0.2, 0.25) is 5.76 Å². The molecule has 164 valence electrons. The molecule has 0 saturated heterocycles. The van der Waals surface area contributed by atoms with Gasteiger partial charge in [-0.05, 0) is 31.2 Å². The molecule has 1 aliphatic heterocycles. The SMILES string of the molecule is CCP(=O)(CC)c1ccc2c(c1)/C(=C/c1c(C)oc(C(=O)OC)c1C(=O)OC)C(=O)N2. The molecule has 9 heteroatoms. The maximum absolute atomic E-state index is 13.2. The van der Waals surface area contributed by atoms with E-state index in [0.717, 1.165) is 0 Å². The van der Waals surface area contributed by atoms with Crippen molar-refractivity contribution in [2.75, 3.05) is 31.9 Å². The van der Waals surface area contributed by atoms with E-state index < -0.39 is 19.1 Å². The van der Waals surface area contributed by atoms with E-state index in [-0.39, 0.29) is 34.1 Å². The van der Waals surface area contributed by atoms with E-state index in [9.17, 15) is 18.9 Å². The summed E-state index contributed by atoms with van der Waals surface area (Å²) < 4.78 is 28.2. The Balaban J connectivity index is 2.22. The molecule has 1 N–H and O–H groups in total. The summed E-state index contributed by atoms with van der Waals surface area (Å²) in [5.74, 6) is -2.06. The standard InChI is InChI=1S/C22H24NO7P/c1-6-31(27,7-2)13-8-9-17-15(10-13)16(20(24)23-17)11-14-12(3)30-19(22(26)29-5)18(14)21(25)28-4/h8-11H,6-7H2,1-5H3,(H,23,24)/b16-11-. The number of anilines is 1. The van der Waals surface area contributed by atoms with Gasteiger partial charge in [-0.15, -0.1) is 0 Å². The zero-order valence-corrected chi connectivity index (χ0v) is 18.9. The fourth-order valence-electron chi connectivity index (χ4n) is 3.58. The maximum Gasteiger partial charge on any atom is 0.374 e. The minimum atomic E-state index is -2.57. The largest absolute Gasteiger partial charge is 0.465 e. The summed E-state index contributed by atoms with van der Waals surface area (Å²) in [6.45, 7) is 5.32. The summed E-state index contributed by atoms with van der Waals surface area (Å²) in [6.07, 6.45) is 2.50. The molecule has 3 rings (SSSR count). The lowest BCUT2D eigenvalue weighted by molar-refractivity contribution is -0.110. The molecule has 2 aromatic rings. The van der Waals surface area contributed by atoms with Gasteiger partial charge in [0.1, 0.15) is 18.5 Å². The van der Waals surface area contributed by atoms with Gasteiger partial charge in [-0.25, -0.2) is 9.59 Å². The number of hydrogen-bond donors (Lipinski definition) is 1. The Labute approximate surface area is 180 Å². The number of nitrogens with one attached hydrogen (secondary N) is 1. The molecule has 1 aromatic heterocycles. The zero-order valence-electron chi connectivity index (χ0n) is 18.0. The van der Waals surface area contributed by atoms with Crippen LogP contribution in [0.25, 0.3) is 11.6 Å². The molecule has 31 heavy (non-hydrogen) atoms. The van der Waals surface area contributed by atoms with E-state index in [2.05, 4.69) is 5.32 Å². The molecule has 2 heterocycles. The third kappa shape index (κ3) is 3.83. The van der Waals surface area contributed by atoms with Gasteiger partial charge >= 0.3 is 11.9 Å².